The van der Waals surface area contributed by atoms with Gasteiger partial charge in [0, 0.05) is 31.5 Å². The van der Waals surface area contributed by atoms with E-state index >= 15 is 0 Å². The van der Waals surface area contributed by atoms with Crippen LogP contribution in [0, 0.1) is 16.7 Å². The number of hydrogen-bond donors (Lipinski definition) is 1. The Hall–Kier alpha value is -2.39. The van der Waals surface area contributed by atoms with Gasteiger partial charge in [-0.2, -0.15) is 5.26 Å². The topological polar surface area (TPSA) is 76.4 Å². The highest BCUT2D eigenvalue weighted by Gasteiger charge is 2.50. The van der Waals surface area contributed by atoms with E-state index in [9.17, 15) is 9.59 Å². The summed E-state index contributed by atoms with van der Waals surface area (Å²) in [4.78, 5) is 28.8. The maximum atomic E-state index is 12.6. The molecule has 1 aliphatic heterocycles. The lowest BCUT2D eigenvalue weighted by Crippen LogP contribution is -2.47. The van der Waals surface area contributed by atoms with Gasteiger partial charge in [0.05, 0.1) is 12.6 Å². The zero-order valence-electron chi connectivity index (χ0n) is 17.6. The Labute approximate surface area is 173 Å². The Balaban J connectivity index is 1.60. The fourth-order valence-electron chi connectivity index (χ4n) is 5.02. The minimum atomic E-state index is -0.129. The van der Waals surface area contributed by atoms with Crippen LogP contribution in [0.5, 0.6) is 0 Å². The van der Waals surface area contributed by atoms with Crippen molar-refractivity contribution in [2.24, 2.45) is 5.41 Å². The van der Waals surface area contributed by atoms with E-state index in [-0.39, 0.29) is 29.3 Å². The van der Waals surface area contributed by atoms with Crippen molar-refractivity contribution in [2.75, 3.05) is 33.7 Å². The van der Waals surface area contributed by atoms with Crippen LogP contribution in [0.15, 0.2) is 30.3 Å². The van der Waals surface area contributed by atoms with Gasteiger partial charge in [0.15, 0.2) is 0 Å². The van der Waals surface area contributed by atoms with E-state index in [2.05, 4.69) is 60.7 Å². The molecule has 0 unspecified atom stereocenters. The summed E-state index contributed by atoms with van der Waals surface area (Å²) in [5.74, 6) is -0.0367. The number of nitriles is 1. The number of benzene rings is 1. The zero-order chi connectivity index (χ0) is 20.9. The number of unbranched alkanes of at least 4 members (excludes halogenated alkanes) is 1. The average molecular weight is 397 g/mol. The molecular formula is C23H32N4O2. The van der Waals surface area contributed by atoms with Gasteiger partial charge in [-0.05, 0) is 57.2 Å². The molecule has 29 heavy (non-hydrogen) atoms. The quantitative estimate of drug-likeness (QED) is 0.719. The molecule has 1 N–H and O–H groups in total. The average Bonchev–Trinajstić information content (AvgIpc) is 3.01. The Bertz CT molecular complexity index is 761. The van der Waals surface area contributed by atoms with Gasteiger partial charge in [-0.25, -0.2) is 0 Å². The highest BCUT2D eigenvalue weighted by molar-refractivity contribution is 5.86. The van der Waals surface area contributed by atoms with Crippen molar-refractivity contribution in [3.05, 3.63) is 35.9 Å². The molecule has 0 radical (unpaired) electrons. The Morgan fingerprint density at radius 1 is 1.21 bits per heavy atom. The van der Waals surface area contributed by atoms with Gasteiger partial charge < -0.3 is 10.2 Å². The van der Waals surface area contributed by atoms with Gasteiger partial charge >= 0.3 is 0 Å². The maximum absolute atomic E-state index is 12.6. The van der Waals surface area contributed by atoms with Crippen LogP contribution in [0.25, 0.3) is 0 Å². The van der Waals surface area contributed by atoms with E-state index in [0.29, 0.717) is 32.4 Å². The van der Waals surface area contributed by atoms with E-state index in [1.165, 1.54) is 5.56 Å². The van der Waals surface area contributed by atoms with Crippen LogP contribution < -0.4 is 5.32 Å². The molecule has 0 bridgehead atoms. The summed E-state index contributed by atoms with van der Waals surface area (Å²) in [5.41, 5.74) is 1.35. The van der Waals surface area contributed by atoms with Gasteiger partial charge in [-0.1, -0.05) is 30.3 Å². The molecule has 0 atom stereocenters. The molecule has 1 saturated heterocycles. The maximum Gasteiger partial charge on any atom is 0.239 e. The normalized spacial score (nSPS) is 26.7. The summed E-state index contributed by atoms with van der Waals surface area (Å²) < 4.78 is 0. The molecule has 1 spiro atoms. The first-order chi connectivity index (χ1) is 13.9. The second-order valence-corrected chi connectivity index (χ2v) is 8.83. The van der Waals surface area contributed by atoms with Gasteiger partial charge in [0.25, 0.3) is 0 Å². The van der Waals surface area contributed by atoms with E-state index in [4.69, 9.17) is 5.26 Å². The first-order valence-electron chi connectivity index (χ1n) is 10.6. The second-order valence-electron chi connectivity index (χ2n) is 8.83. The van der Waals surface area contributed by atoms with Gasteiger partial charge in [-0.15, -0.1) is 0 Å². The van der Waals surface area contributed by atoms with E-state index in [0.717, 1.165) is 25.7 Å². The third-order valence-electron chi connectivity index (χ3n) is 6.83. The van der Waals surface area contributed by atoms with E-state index in [1.807, 2.05) is 0 Å². The molecule has 6 nitrogen and oxygen atoms in total. The number of hydrogen-bond acceptors (Lipinski definition) is 4. The molecular weight excluding hydrogens is 364 g/mol. The van der Waals surface area contributed by atoms with Crippen LogP contribution in [0.1, 0.15) is 50.5 Å². The fourth-order valence-corrected chi connectivity index (χ4v) is 5.02. The minimum absolute atomic E-state index is 0.00748. The van der Waals surface area contributed by atoms with Crippen molar-refractivity contribution in [1.82, 2.24) is 15.1 Å². The molecule has 2 amide bonds. The summed E-state index contributed by atoms with van der Waals surface area (Å²) in [7, 11) is 4.29. The number of nitrogens with one attached hydrogen (secondary N) is 1. The number of likely N-dealkylation sites (tertiary alicyclic amines) is 1. The van der Waals surface area contributed by atoms with Crippen molar-refractivity contribution >= 4 is 11.8 Å². The lowest BCUT2D eigenvalue weighted by atomic mass is 9.64. The second kappa shape index (κ2) is 8.96. The molecule has 1 heterocycles. The standard InChI is InChI=1S/C23H32N4O2/c1-26(2)23(19-8-4-3-5-9-19)12-10-22(11-13-23)16-21(29)27(18-22)17-20(28)25-15-7-6-14-24/h3-5,8-9H,6-7,10-13,15-18H2,1-2H3,(H,25,28)/t22-,23-. The smallest absolute Gasteiger partial charge is 0.239 e. The molecule has 2 aliphatic rings. The Morgan fingerprint density at radius 2 is 1.90 bits per heavy atom. The van der Waals surface area contributed by atoms with Crippen LogP contribution in [0.3, 0.4) is 0 Å². The summed E-state index contributed by atoms with van der Waals surface area (Å²) in [5, 5.41) is 11.4. The van der Waals surface area contributed by atoms with Gasteiger partial charge in [0.2, 0.25) is 11.8 Å². The predicted octanol–water partition coefficient (Wildman–Crippen LogP) is 2.66. The lowest BCUT2D eigenvalue weighted by molar-refractivity contribution is -0.133. The van der Waals surface area contributed by atoms with Crippen LogP contribution in [0.2, 0.25) is 0 Å². The third-order valence-corrected chi connectivity index (χ3v) is 6.83. The third kappa shape index (κ3) is 4.62. The zero-order valence-corrected chi connectivity index (χ0v) is 17.6. The number of carbonyl (C=O) groups excluding carboxylic acids is 2. The van der Waals surface area contributed by atoms with Crippen molar-refractivity contribution in [3.63, 3.8) is 0 Å². The molecule has 1 aromatic rings. The molecule has 6 heteroatoms. The van der Waals surface area contributed by atoms with Crippen LogP contribution in [-0.2, 0) is 15.1 Å². The number of carbonyl (C=O) groups is 2. The van der Waals surface area contributed by atoms with E-state index in [1.54, 1.807) is 4.90 Å². The number of nitrogens with zero attached hydrogens (tertiary/aromatic N) is 3. The Kier molecular flexibility index (Phi) is 6.59. The largest absolute Gasteiger partial charge is 0.355 e. The van der Waals surface area contributed by atoms with Crippen LogP contribution in [-0.4, -0.2) is 55.3 Å². The summed E-state index contributed by atoms with van der Waals surface area (Å²) in [6.07, 6.45) is 5.65. The van der Waals surface area contributed by atoms with E-state index < -0.39 is 0 Å². The first-order valence-corrected chi connectivity index (χ1v) is 10.6. The molecule has 1 aromatic carbocycles. The number of rotatable bonds is 7. The molecule has 1 saturated carbocycles. The van der Waals surface area contributed by atoms with Crippen molar-refractivity contribution in [1.29, 1.82) is 5.26 Å². The molecule has 0 aromatic heterocycles. The summed E-state index contributed by atoms with van der Waals surface area (Å²) in [6, 6.07) is 12.7. The minimum Gasteiger partial charge on any atom is -0.355 e. The fraction of sp³-hybridized carbons (Fsp3) is 0.609. The SMILES string of the molecule is CN(C)[C@]1(c2ccccc2)CC[C@@]2(CC1)CC(=O)N(CC(=O)NCCCC#N)C2. The summed E-state index contributed by atoms with van der Waals surface area (Å²) >= 11 is 0. The first kappa shape index (κ1) is 21.3. The van der Waals surface area contributed by atoms with Crippen LogP contribution >= 0.6 is 0 Å². The predicted molar refractivity (Wildman–Crippen MR) is 112 cm³/mol. The van der Waals surface area contributed by atoms with Crippen molar-refractivity contribution in [2.45, 2.75) is 50.5 Å². The molecule has 2 fully saturated rings. The molecule has 156 valence electrons. The lowest BCUT2D eigenvalue weighted by Gasteiger charge is -2.48. The molecule has 1 aliphatic carbocycles. The highest BCUT2D eigenvalue weighted by Crippen LogP contribution is 2.51. The van der Waals surface area contributed by atoms with Gasteiger partial charge in [-0.3, -0.25) is 14.5 Å². The Morgan fingerprint density at radius 3 is 2.52 bits per heavy atom. The summed E-state index contributed by atoms with van der Waals surface area (Å²) in [6.45, 7) is 1.29. The van der Waals surface area contributed by atoms with Gasteiger partial charge in [0.1, 0.15) is 0 Å². The van der Waals surface area contributed by atoms with Crippen molar-refractivity contribution in [3.8, 4) is 6.07 Å². The number of amides is 2. The molecule has 3 rings (SSSR count). The monoisotopic (exact) mass is 396 g/mol. The van der Waals surface area contributed by atoms with Crippen molar-refractivity contribution < 1.29 is 9.59 Å². The van der Waals surface area contributed by atoms with Crippen LogP contribution in [0.4, 0.5) is 0 Å². The highest BCUT2D eigenvalue weighted by atomic mass is 16.2.